The van der Waals surface area contributed by atoms with E-state index in [0.717, 1.165) is 11.1 Å². The van der Waals surface area contributed by atoms with Gasteiger partial charge in [0.25, 0.3) is 0 Å². The maximum atomic E-state index is 13.1. The zero-order valence-corrected chi connectivity index (χ0v) is 19.2. The van der Waals surface area contributed by atoms with Gasteiger partial charge in [0, 0.05) is 10.6 Å². The smallest absolute Gasteiger partial charge is 0.339 e. The molecule has 0 bridgehead atoms. The molecular weight excluding hydrogens is 434 g/mol. The highest BCUT2D eigenvalue weighted by Crippen LogP contribution is 2.38. The van der Waals surface area contributed by atoms with Crippen LogP contribution in [0.2, 0.25) is 5.02 Å². The molecule has 0 saturated heterocycles. The third-order valence-electron chi connectivity index (χ3n) is 4.80. The summed E-state index contributed by atoms with van der Waals surface area (Å²) in [4.78, 5) is 1.48. The third-order valence-corrected chi connectivity index (χ3v) is 6.28. The van der Waals surface area contributed by atoms with Crippen molar-refractivity contribution in [2.24, 2.45) is 0 Å². The van der Waals surface area contributed by atoms with Gasteiger partial charge in [0.15, 0.2) is 5.75 Å². The monoisotopic (exact) mass is 455 g/mol. The highest BCUT2D eigenvalue weighted by atomic mass is 35.5. The van der Waals surface area contributed by atoms with Gasteiger partial charge in [-0.25, -0.2) is 0 Å². The standard InChI is InChI=1S/C23H22ClN3O3S/c1-15-12-18(23(2,3)4)22(30-31(28,29)17-8-6-5-7-9-17)21(13-15)27-25-19-11-10-16(24)14-20(19)26-27/h5-14H,1-4H3. The normalized spacial score (nSPS) is 12.3. The second kappa shape index (κ2) is 7.66. The van der Waals surface area contributed by atoms with Gasteiger partial charge in [-0.3, -0.25) is 0 Å². The number of hydrogen-bond donors (Lipinski definition) is 0. The third kappa shape index (κ3) is 4.29. The van der Waals surface area contributed by atoms with E-state index in [9.17, 15) is 8.42 Å². The van der Waals surface area contributed by atoms with Crippen LogP contribution < -0.4 is 4.18 Å². The second-order valence-corrected chi connectivity index (χ2v) is 10.4. The summed E-state index contributed by atoms with van der Waals surface area (Å²) < 4.78 is 31.9. The molecule has 0 amide bonds. The van der Waals surface area contributed by atoms with Crippen molar-refractivity contribution in [1.82, 2.24) is 15.0 Å². The Labute approximate surface area is 186 Å². The zero-order valence-electron chi connectivity index (χ0n) is 17.6. The minimum absolute atomic E-state index is 0.0757. The molecule has 4 rings (SSSR count). The summed E-state index contributed by atoms with van der Waals surface area (Å²) in [6.07, 6.45) is 0. The fourth-order valence-electron chi connectivity index (χ4n) is 3.29. The number of rotatable bonds is 4. The van der Waals surface area contributed by atoms with Crippen LogP contribution in [-0.4, -0.2) is 23.4 Å². The fraction of sp³-hybridized carbons (Fsp3) is 0.217. The van der Waals surface area contributed by atoms with E-state index in [1.165, 1.54) is 16.9 Å². The van der Waals surface area contributed by atoms with Crippen LogP contribution in [0.25, 0.3) is 16.7 Å². The molecule has 0 atom stereocenters. The molecule has 160 valence electrons. The summed E-state index contributed by atoms with van der Waals surface area (Å²) >= 11 is 6.09. The first-order valence-electron chi connectivity index (χ1n) is 9.72. The maximum absolute atomic E-state index is 13.1. The number of benzene rings is 3. The molecule has 0 radical (unpaired) electrons. The summed E-state index contributed by atoms with van der Waals surface area (Å²) in [6, 6.07) is 17.0. The number of hydrogen-bond acceptors (Lipinski definition) is 5. The Bertz CT molecular complexity index is 1370. The van der Waals surface area contributed by atoms with Crippen molar-refractivity contribution < 1.29 is 12.6 Å². The average Bonchev–Trinajstić information content (AvgIpc) is 3.11. The van der Waals surface area contributed by atoms with Crippen LogP contribution in [0.3, 0.4) is 0 Å². The lowest BCUT2D eigenvalue weighted by atomic mass is 9.85. The van der Waals surface area contributed by atoms with Gasteiger partial charge in [-0.1, -0.05) is 56.6 Å². The Morgan fingerprint density at radius 2 is 1.61 bits per heavy atom. The van der Waals surface area contributed by atoms with Crippen LogP contribution in [0.5, 0.6) is 5.75 Å². The summed E-state index contributed by atoms with van der Waals surface area (Å²) in [7, 11) is -4.07. The Morgan fingerprint density at radius 3 is 2.29 bits per heavy atom. The summed E-state index contributed by atoms with van der Waals surface area (Å²) in [6.45, 7) is 7.94. The van der Waals surface area contributed by atoms with Gasteiger partial charge >= 0.3 is 10.1 Å². The topological polar surface area (TPSA) is 74.1 Å². The highest BCUT2D eigenvalue weighted by Gasteiger charge is 2.28. The molecule has 0 aliphatic carbocycles. The van der Waals surface area contributed by atoms with E-state index in [1.807, 2.05) is 39.8 Å². The van der Waals surface area contributed by atoms with E-state index in [2.05, 4.69) is 10.2 Å². The lowest BCUT2D eigenvalue weighted by Gasteiger charge is -2.25. The minimum Gasteiger partial charge on any atom is -0.376 e. The Hall–Kier alpha value is -2.90. The first-order valence-corrected chi connectivity index (χ1v) is 11.5. The molecule has 31 heavy (non-hydrogen) atoms. The average molecular weight is 456 g/mol. The molecule has 0 saturated carbocycles. The minimum atomic E-state index is -4.07. The summed E-state index contributed by atoms with van der Waals surface area (Å²) in [5, 5.41) is 9.59. The molecule has 0 aliphatic rings. The Kier molecular flexibility index (Phi) is 5.27. The predicted octanol–water partition coefficient (Wildman–Crippen LogP) is 5.45. The molecule has 0 N–H and O–H groups in total. The van der Waals surface area contributed by atoms with Gasteiger partial charge < -0.3 is 4.18 Å². The van der Waals surface area contributed by atoms with Crippen LogP contribution in [0.1, 0.15) is 31.9 Å². The Balaban J connectivity index is 1.95. The van der Waals surface area contributed by atoms with Crippen molar-refractivity contribution in [3.05, 3.63) is 76.8 Å². The van der Waals surface area contributed by atoms with Gasteiger partial charge in [-0.05, 0) is 54.3 Å². The molecule has 6 nitrogen and oxygen atoms in total. The molecule has 0 aliphatic heterocycles. The Morgan fingerprint density at radius 1 is 0.935 bits per heavy atom. The molecule has 3 aromatic carbocycles. The van der Waals surface area contributed by atoms with Crippen LogP contribution in [0.15, 0.2) is 65.6 Å². The summed E-state index contributed by atoms with van der Waals surface area (Å²) in [5.74, 6) is 0.202. The predicted molar refractivity (Wildman–Crippen MR) is 122 cm³/mol. The number of fused-ring (bicyclic) bond motifs is 1. The zero-order chi connectivity index (χ0) is 22.4. The molecule has 0 unspecified atom stereocenters. The molecule has 0 fully saturated rings. The summed E-state index contributed by atoms with van der Waals surface area (Å²) in [5.41, 5.74) is 2.96. The number of aromatic nitrogens is 3. The highest BCUT2D eigenvalue weighted by molar-refractivity contribution is 7.87. The van der Waals surface area contributed by atoms with E-state index < -0.39 is 15.5 Å². The first kappa shape index (κ1) is 21.3. The van der Waals surface area contributed by atoms with Crippen LogP contribution in [-0.2, 0) is 15.5 Å². The van der Waals surface area contributed by atoms with Crippen molar-refractivity contribution in [2.75, 3.05) is 0 Å². The molecular formula is C23H22ClN3O3S. The maximum Gasteiger partial charge on any atom is 0.339 e. The SMILES string of the molecule is Cc1cc(-n2nc3ccc(Cl)cc3n2)c(OS(=O)(=O)c2ccccc2)c(C(C)(C)C)c1. The first-order chi connectivity index (χ1) is 14.5. The van der Waals surface area contributed by atoms with Crippen molar-refractivity contribution in [1.29, 1.82) is 0 Å². The fourth-order valence-corrected chi connectivity index (χ4v) is 4.44. The van der Waals surface area contributed by atoms with Crippen LogP contribution >= 0.6 is 11.6 Å². The van der Waals surface area contributed by atoms with Crippen LogP contribution in [0, 0.1) is 6.92 Å². The van der Waals surface area contributed by atoms with Crippen molar-refractivity contribution in [3.8, 4) is 11.4 Å². The van der Waals surface area contributed by atoms with Gasteiger partial charge in [0.05, 0.1) is 0 Å². The second-order valence-electron chi connectivity index (χ2n) is 8.38. The number of aryl methyl sites for hydroxylation is 1. The van der Waals surface area contributed by atoms with Gasteiger partial charge in [0.1, 0.15) is 21.6 Å². The van der Waals surface area contributed by atoms with Crippen LogP contribution in [0.4, 0.5) is 0 Å². The van der Waals surface area contributed by atoms with E-state index in [0.29, 0.717) is 21.7 Å². The van der Waals surface area contributed by atoms with Gasteiger partial charge in [-0.2, -0.15) is 8.42 Å². The van der Waals surface area contributed by atoms with E-state index in [4.69, 9.17) is 15.8 Å². The molecule has 1 aromatic heterocycles. The lowest BCUT2D eigenvalue weighted by Crippen LogP contribution is -2.19. The molecule has 4 aromatic rings. The van der Waals surface area contributed by atoms with Gasteiger partial charge in [-0.15, -0.1) is 15.0 Å². The van der Waals surface area contributed by atoms with Crippen molar-refractivity contribution >= 4 is 32.8 Å². The van der Waals surface area contributed by atoms with Crippen molar-refractivity contribution in [2.45, 2.75) is 38.0 Å². The molecule has 8 heteroatoms. The molecule has 1 heterocycles. The number of halogens is 1. The lowest BCUT2D eigenvalue weighted by molar-refractivity contribution is 0.466. The van der Waals surface area contributed by atoms with Gasteiger partial charge in [0.2, 0.25) is 0 Å². The van der Waals surface area contributed by atoms with E-state index in [1.54, 1.807) is 36.4 Å². The van der Waals surface area contributed by atoms with Crippen molar-refractivity contribution in [3.63, 3.8) is 0 Å². The van der Waals surface area contributed by atoms with E-state index >= 15 is 0 Å². The molecule has 0 spiro atoms. The quantitative estimate of drug-likeness (QED) is 0.382. The largest absolute Gasteiger partial charge is 0.376 e. The number of nitrogens with zero attached hydrogens (tertiary/aromatic N) is 3. The van der Waals surface area contributed by atoms with E-state index in [-0.39, 0.29) is 10.6 Å².